The van der Waals surface area contributed by atoms with E-state index in [0.29, 0.717) is 26.1 Å². The van der Waals surface area contributed by atoms with Crippen molar-refractivity contribution < 1.29 is 14.7 Å². The van der Waals surface area contributed by atoms with Crippen molar-refractivity contribution in [3.63, 3.8) is 0 Å². The number of aromatic nitrogens is 2. The van der Waals surface area contributed by atoms with E-state index in [4.69, 9.17) is 5.11 Å². The van der Waals surface area contributed by atoms with Gasteiger partial charge in [-0.1, -0.05) is 0 Å². The van der Waals surface area contributed by atoms with Gasteiger partial charge in [-0.2, -0.15) is 5.10 Å². The predicted octanol–water partition coefficient (Wildman–Crippen LogP) is 1.31. The van der Waals surface area contributed by atoms with Gasteiger partial charge in [0.15, 0.2) is 0 Å². The lowest BCUT2D eigenvalue weighted by Gasteiger charge is -2.30. The van der Waals surface area contributed by atoms with Gasteiger partial charge in [0, 0.05) is 20.1 Å². The van der Waals surface area contributed by atoms with Gasteiger partial charge in [0.25, 0.3) is 0 Å². The second-order valence-corrected chi connectivity index (χ2v) is 6.48. The monoisotopic (exact) mass is 320 g/mol. The predicted molar refractivity (Wildman–Crippen MR) is 84.0 cm³/mol. The molecule has 2 heterocycles. The molecule has 7 nitrogen and oxygen atoms in total. The van der Waals surface area contributed by atoms with Crippen LogP contribution < -0.4 is 5.32 Å². The second kappa shape index (κ2) is 6.60. The number of carbonyl (C=O) groups excluding carboxylic acids is 1. The lowest BCUT2D eigenvalue weighted by molar-refractivity contribution is -0.143. The number of carboxylic acids is 1. The SMILES string of the molecule is Cn1nc2c(c1CNC(=O)N1CCCC(C(=O)O)C1)CCCC2. The number of nitrogens with zero attached hydrogens (tertiary/aromatic N) is 3. The minimum atomic E-state index is -0.816. The molecule has 0 bridgehead atoms. The third kappa shape index (κ3) is 3.33. The highest BCUT2D eigenvalue weighted by atomic mass is 16.4. The maximum Gasteiger partial charge on any atom is 0.317 e. The average molecular weight is 320 g/mol. The van der Waals surface area contributed by atoms with Crippen LogP contribution in [0, 0.1) is 5.92 Å². The summed E-state index contributed by atoms with van der Waals surface area (Å²) in [5.41, 5.74) is 3.51. The van der Waals surface area contributed by atoms with Crippen LogP contribution in [0.2, 0.25) is 0 Å². The van der Waals surface area contributed by atoms with Crippen molar-refractivity contribution in [3.8, 4) is 0 Å². The van der Waals surface area contributed by atoms with E-state index in [2.05, 4.69) is 10.4 Å². The third-order valence-corrected chi connectivity index (χ3v) is 4.91. The third-order valence-electron chi connectivity index (χ3n) is 4.91. The van der Waals surface area contributed by atoms with E-state index >= 15 is 0 Å². The van der Waals surface area contributed by atoms with Crippen molar-refractivity contribution in [2.75, 3.05) is 13.1 Å². The van der Waals surface area contributed by atoms with Crippen LogP contribution in [-0.2, 0) is 31.2 Å². The zero-order chi connectivity index (χ0) is 16.4. The van der Waals surface area contributed by atoms with E-state index in [1.54, 1.807) is 4.90 Å². The topological polar surface area (TPSA) is 87.5 Å². The Morgan fingerprint density at radius 1 is 1.30 bits per heavy atom. The number of carbonyl (C=O) groups is 2. The Morgan fingerprint density at radius 2 is 2.09 bits per heavy atom. The number of rotatable bonds is 3. The molecule has 0 spiro atoms. The molecule has 3 rings (SSSR count). The Balaban J connectivity index is 1.61. The maximum absolute atomic E-state index is 12.3. The Morgan fingerprint density at radius 3 is 2.87 bits per heavy atom. The van der Waals surface area contributed by atoms with E-state index in [9.17, 15) is 9.59 Å². The van der Waals surface area contributed by atoms with E-state index in [-0.39, 0.29) is 6.03 Å². The minimum absolute atomic E-state index is 0.179. The van der Waals surface area contributed by atoms with Crippen LogP contribution in [0.3, 0.4) is 0 Å². The summed E-state index contributed by atoms with van der Waals surface area (Å²) in [4.78, 5) is 25.1. The van der Waals surface area contributed by atoms with E-state index in [1.807, 2.05) is 11.7 Å². The van der Waals surface area contributed by atoms with Gasteiger partial charge in [-0.15, -0.1) is 0 Å². The summed E-state index contributed by atoms with van der Waals surface area (Å²) in [7, 11) is 1.92. The zero-order valence-electron chi connectivity index (χ0n) is 13.5. The fourth-order valence-electron chi connectivity index (χ4n) is 3.60. The number of urea groups is 1. The number of nitrogens with one attached hydrogen (secondary N) is 1. The number of amides is 2. The van der Waals surface area contributed by atoms with Crippen molar-refractivity contribution in [1.29, 1.82) is 0 Å². The van der Waals surface area contributed by atoms with Crippen molar-refractivity contribution in [2.45, 2.75) is 45.1 Å². The van der Waals surface area contributed by atoms with Gasteiger partial charge in [0.2, 0.25) is 0 Å². The number of piperidine rings is 1. The molecule has 1 saturated heterocycles. The first kappa shape index (κ1) is 15.8. The molecule has 7 heteroatoms. The Kier molecular flexibility index (Phi) is 4.54. The molecule has 2 aliphatic rings. The molecular formula is C16H24N4O3. The normalized spacial score (nSPS) is 20.9. The summed E-state index contributed by atoms with van der Waals surface area (Å²) in [6.07, 6.45) is 5.79. The number of aryl methyl sites for hydroxylation is 2. The summed E-state index contributed by atoms with van der Waals surface area (Å²) in [6.45, 7) is 1.37. The molecule has 0 aromatic carbocycles. The summed E-state index contributed by atoms with van der Waals surface area (Å²) in [5.74, 6) is -1.26. The van der Waals surface area contributed by atoms with Crippen LogP contribution in [0.1, 0.15) is 42.6 Å². The highest BCUT2D eigenvalue weighted by Gasteiger charge is 2.28. The van der Waals surface area contributed by atoms with Crippen molar-refractivity contribution in [3.05, 3.63) is 17.0 Å². The Labute approximate surface area is 135 Å². The van der Waals surface area contributed by atoms with Crippen molar-refractivity contribution >= 4 is 12.0 Å². The van der Waals surface area contributed by atoms with Crippen LogP contribution in [-0.4, -0.2) is 44.9 Å². The van der Waals surface area contributed by atoms with Gasteiger partial charge in [0.05, 0.1) is 23.9 Å². The molecule has 1 atom stereocenters. The molecule has 1 aromatic rings. The molecule has 0 radical (unpaired) electrons. The number of fused-ring (bicyclic) bond motifs is 1. The first-order valence-corrected chi connectivity index (χ1v) is 8.35. The number of likely N-dealkylation sites (tertiary alicyclic amines) is 1. The summed E-state index contributed by atoms with van der Waals surface area (Å²) >= 11 is 0. The van der Waals surface area contributed by atoms with Gasteiger partial charge < -0.3 is 15.3 Å². The molecule has 2 amide bonds. The highest BCUT2D eigenvalue weighted by molar-refractivity contribution is 5.76. The molecular weight excluding hydrogens is 296 g/mol. The molecule has 0 saturated carbocycles. The lowest BCUT2D eigenvalue weighted by atomic mass is 9.96. The summed E-state index contributed by atoms with van der Waals surface area (Å²) < 4.78 is 1.87. The second-order valence-electron chi connectivity index (χ2n) is 6.48. The van der Waals surface area contributed by atoms with Crippen LogP contribution in [0.15, 0.2) is 0 Å². The largest absolute Gasteiger partial charge is 0.481 e. The molecule has 23 heavy (non-hydrogen) atoms. The van der Waals surface area contributed by atoms with Gasteiger partial charge in [-0.25, -0.2) is 4.79 Å². The van der Waals surface area contributed by atoms with Crippen LogP contribution in [0.5, 0.6) is 0 Å². The zero-order valence-corrected chi connectivity index (χ0v) is 13.5. The fourth-order valence-corrected chi connectivity index (χ4v) is 3.60. The Hall–Kier alpha value is -2.05. The smallest absolute Gasteiger partial charge is 0.317 e. The molecule has 1 unspecified atom stereocenters. The maximum atomic E-state index is 12.3. The number of carboxylic acid groups (broad SMARTS) is 1. The minimum Gasteiger partial charge on any atom is -0.481 e. The molecule has 126 valence electrons. The first-order valence-electron chi connectivity index (χ1n) is 8.35. The van der Waals surface area contributed by atoms with E-state index in [0.717, 1.165) is 30.7 Å². The highest BCUT2D eigenvalue weighted by Crippen LogP contribution is 2.23. The summed E-state index contributed by atoms with van der Waals surface area (Å²) in [5, 5.41) is 16.6. The first-order chi connectivity index (χ1) is 11.1. The Bertz CT molecular complexity index is 611. The molecule has 1 aliphatic heterocycles. The van der Waals surface area contributed by atoms with Crippen LogP contribution >= 0.6 is 0 Å². The average Bonchev–Trinajstić information content (AvgIpc) is 2.88. The van der Waals surface area contributed by atoms with Gasteiger partial charge in [-0.3, -0.25) is 9.48 Å². The molecule has 2 N–H and O–H groups in total. The van der Waals surface area contributed by atoms with Gasteiger partial charge in [0.1, 0.15) is 0 Å². The number of hydrogen-bond donors (Lipinski definition) is 2. The van der Waals surface area contributed by atoms with Gasteiger partial charge >= 0.3 is 12.0 Å². The van der Waals surface area contributed by atoms with Crippen LogP contribution in [0.4, 0.5) is 4.79 Å². The fraction of sp³-hybridized carbons (Fsp3) is 0.688. The summed E-state index contributed by atoms with van der Waals surface area (Å²) in [6, 6.07) is -0.179. The van der Waals surface area contributed by atoms with Crippen molar-refractivity contribution in [2.24, 2.45) is 13.0 Å². The van der Waals surface area contributed by atoms with E-state index in [1.165, 1.54) is 18.4 Å². The van der Waals surface area contributed by atoms with E-state index < -0.39 is 11.9 Å². The number of aliphatic carboxylic acids is 1. The molecule has 1 aromatic heterocycles. The molecule has 1 fully saturated rings. The standard InChI is InChI=1S/C16H24N4O3/c1-19-14(12-6-2-3-7-13(12)18-19)9-17-16(23)20-8-4-5-11(10-20)15(21)22/h11H,2-10H2,1H3,(H,17,23)(H,21,22). The lowest BCUT2D eigenvalue weighted by Crippen LogP contribution is -2.47. The van der Waals surface area contributed by atoms with Gasteiger partial charge in [-0.05, 0) is 44.1 Å². The van der Waals surface area contributed by atoms with Crippen LogP contribution in [0.25, 0.3) is 0 Å². The van der Waals surface area contributed by atoms with Crippen molar-refractivity contribution in [1.82, 2.24) is 20.0 Å². The quantitative estimate of drug-likeness (QED) is 0.879. The number of hydrogen-bond acceptors (Lipinski definition) is 3. The molecule has 1 aliphatic carbocycles.